The Morgan fingerprint density at radius 3 is 2.55 bits per heavy atom. The number of benzene rings is 1. The summed E-state index contributed by atoms with van der Waals surface area (Å²) in [6, 6.07) is 4.20. The van der Waals surface area contributed by atoms with Crippen molar-refractivity contribution in [1.82, 2.24) is 9.97 Å². The topological polar surface area (TPSA) is 93.4 Å². The highest BCUT2D eigenvalue weighted by molar-refractivity contribution is 5.81. The highest BCUT2D eigenvalue weighted by atomic mass is 19.4. The molecule has 1 aliphatic carbocycles. The van der Waals surface area contributed by atoms with E-state index in [2.05, 4.69) is 15.3 Å². The number of nitrogens with zero attached hydrogens (tertiary/aromatic N) is 3. The van der Waals surface area contributed by atoms with Crippen molar-refractivity contribution in [3.8, 4) is 0 Å². The molecule has 2 fully saturated rings. The summed E-state index contributed by atoms with van der Waals surface area (Å²) in [5, 5.41) is 2.93. The number of hydrogen-bond acceptors (Lipinski definition) is 6. The van der Waals surface area contributed by atoms with Crippen molar-refractivity contribution in [3.63, 3.8) is 0 Å². The molecule has 0 unspecified atom stereocenters. The minimum absolute atomic E-state index is 0.0141. The predicted molar refractivity (Wildman–Crippen MR) is 113 cm³/mol. The van der Waals surface area contributed by atoms with Crippen molar-refractivity contribution in [1.29, 1.82) is 0 Å². The van der Waals surface area contributed by atoms with Gasteiger partial charge in [-0.1, -0.05) is 25.0 Å². The zero-order valence-corrected chi connectivity index (χ0v) is 17.9. The zero-order valence-electron chi connectivity index (χ0n) is 17.9. The molecular formula is C22H25F4N5O2. The molecular weight excluding hydrogens is 442 g/mol. The zero-order chi connectivity index (χ0) is 23.6. The van der Waals surface area contributed by atoms with E-state index in [0.29, 0.717) is 31.6 Å². The lowest BCUT2D eigenvalue weighted by Crippen LogP contribution is -2.41. The predicted octanol–water partition coefficient (Wildman–Crippen LogP) is 3.67. The Morgan fingerprint density at radius 1 is 1.21 bits per heavy atom. The van der Waals surface area contributed by atoms with Crippen LogP contribution in [0.1, 0.15) is 42.9 Å². The molecule has 0 spiro atoms. The molecule has 0 radical (unpaired) electrons. The molecule has 2 heterocycles. The van der Waals surface area contributed by atoms with Gasteiger partial charge in [0, 0.05) is 13.1 Å². The average molecular weight is 467 g/mol. The van der Waals surface area contributed by atoms with E-state index in [4.69, 9.17) is 10.5 Å². The van der Waals surface area contributed by atoms with Gasteiger partial charge in [-0.15, -0.1) is 0 Å². The maximum absolute atomic E-state index is 15.4. The number of alkyl halides is 3. The summed E-state index contributed by atoms with van der Waals surface area (Å²) in [5.41, 5.74) is 4.66. The first-order chi connectivity index (χ1) is 15.7. The van der Waals surface area contributed by atoms with Crippen molar-refractivity contribution in [2.75, 3.05) is 36.5 Å². The van der Waals surface area contributed by atoms with E-state index in [-0.39, 0.29) is 24.8 Å². The van der Waals surface area contributed by atoms with Crippen LogP contribution in [-0.4, -0.2) is 42.2 Å². The largest absolute Gasteiger partial charge is 0.416 e. The molecule has 1 saturated heterocycles. The monoisotopic (exact) mass is 467 g/mol. The van der Waals surface area contributed by atoms with Crippen LogP contribution in [0.4, 0.5) is 29.2 Å². The number of carbonyl (C=O) groups is 1. The fourth-order valence-electron chi connectivity index (χ4n) is 4.53. The molecule has 2 aliphatic rings. The maximum Gasteiger partial charge on any atom is 0.416 e. The number of ether oxygens (including phenoxy) is 1. The van der Waals surface area contributed by atoms with Crippen molar-refractivity contribution in [3.05, 3.63) is 47.5 Å². The first kappa shape index (κ1) is 23.2. The van der Waals surface area contributed by atoms with E-state index < -0.39 is 34.9 Å². The minimum Gasteiger partial charge on any atom is -0.377 e. The fraction of sp³-hybridized carbons (Fsp3) is 0.500. The van der Waals surface area contributed by atoms with Gasteiger partial charge >= 0.3 is 6.18 Å². The van der Waals surface area contributed by atoms with E-state index in [0.717, 1.165) is 25.0 Å². The van der Waals surface area contributed by atoms with Crippen LogP contribution in [0, 0.1) is 11.2 Å². The number of anilines is 2. The summed E-state index contributed by atoms with van der Waals surface area (Å²) in [7, 11) is 0. The molecule has 1 saturated carbocycles. The maximum atomic E-state index is 15.4. The highest BCUT2D eigenvalue weighted by Crippen LogP contribution is 2.39. The molecule has 1 amide bonds. The average Bonchev–Trinajstić information content (AvgIpc) is 3.28. The third kappa shape index (κ3) is 4.73. The van der Waals surface area contributed by atoms with Crippen LogP contribution in [0.2, 0.25) is 0 Å². The summed E-state index contributed by atoms with van der Waals surface area (Å²) >= 11 is 0. The second kappa shape index (κ2) is 9.12. The van der Waals surface area contributed by atoms with Gasteiger partial charge in [0.15, 0.2) is 11.6 Å². The number of halogens is 4. The standard InChI is InChI=1S/C22H25F4N5O2/c23-17-18(28-12-21(20(27)32)7-1-2-8-21)29-13-30-19(17)31-9-10-33-11-16(31)14-3-5-15(6-4-14)22(24,25)26/h3-6,13,16H,1-2,7-12H2,(H2,27,32)(H,28,29,30)/t16-/m1/s1. The molecule has 7 nitrogen and oxygen atoms in total. The van der Waals surface area contributed by atoms with Crippen molar-refractivity contribution >= 4 is 17.5 Å². The van der Waals surface area contributed by atoms with Crippen LogP contribution >= 0.6 is 0 Å². The highest BCUT2D eigenvalue weighted by Gasteiger charge is 2.40. The van der Waals surface area contributed by atoms with Crippen LogP contribution < -0.4 is 16.0 Å². The number of primary amides is 1. The van der Waals surface area contributed by atoms with Gasteiger partial charge in [-0.2, -0.15) is 17.6 Å². The molecule has 3 N–H and O–H groups in total. The van der Waals surface area contributed by atoms with Gasteiger partial charge in [-0.05, 0) is 30.5 Å². The van der Waals surface area contributed by atoms with Crippen molar-refractivity contribution in [2.24, 2.45) is 11.1 Å². The number of nitrogens with two attached hydrogens (primary N) is 1. The smallest absolute Gasteiger partial charge is 0.377 e. The lowest BCUT2D eigenvalue weighted by molar-refractivity contribution is -0.137. The van der Waals surface area contributed by atoms with E-state index in [9.17, 15) is 18.0 Å². The van der Waals surface area contributed by atoms with Gasteiger partial charge in [0.05, 0.1) is 30.2 Å². The number of nitrogens with one attached hydrogen (secondary N) is 1. The summed E-state index contributed by atoms with van der Waals surface area (Å²) in [6.45, 7) is 0.946. The molecule has 11 heteroatoms. The van der Waals surface area contributed by atoms with Gasteiger partial charge in [0.25, 0.3) is 0 Å². The Hall–Kier alpha value is -2.95. The second-order valence-electron chi connectivity index (χ2n) is 8.47. The van der Waals surface area contributed by atoms with Crippen LogP contribution in [-0.2, 0) is 15.7 Å². The van der Waals surface area contributed by atoms with Crippen LogP contribution in [0.15, 0.2) is 30.6 Å². The number of aromatic nitrogens is 2. The normalized spacial score (nSPS) is 20.6. The molecule has 1 atom stereocenters. The number of morpholine rings is 1. The summed E-state index contributed by atoms with van der Waals surface area (Å²) in [5.74, 6) is -1.16. The quantitative estimate of drug-likeness (QED) is 0.630. The summed E-state index contributed by atoms with van der Waals surface area (Å²) < 4.78 is 59.7. The van der Waals surface area contributed by atoms with E-state index in [1.165, 1.54) is 18.5 Å². The Kier molecular flexibility index (Phi) is 6.42. The second-order valence-corrected chi connectivity index (χ2v) is 8.47. The molecule has 1 aliphatic heterocycles. The number of rotatable bonds is 6. The Morgan fingerprint density at radius 2 is 1.91 bits per heavy atom. The van der Waals surface area contributed by atoms with E-state index >= 15 is 4.39 Å². The fourth-order valence-corrected chi connectivity index (χ4v) is 4.53. The van der Waals surface area contributed by atoms with Gasteiger partial charge in [-0.25, -0.2) is 9.97 Å². The molecule has 2 aromatic rings. The molecule has 1 aromatic heterocycles. The lowest BCUT2D eigenvalue weighted by atomic mass is 9.85. The van der Waals surface area contributed by atoms with E-state index in [1.54, 1.807) is 4.90 Å². The Balaban J connectivity index is 1.57. The van der Waals surface area contributed by atoms with E-state index in [1.807, 2.05) is 0 Å². The number of amides is 1. The van der Waals surface area contributed by atoms with Gasteiger partial charge in [0.1, 0.15) is 6.33 Å². The minimum atomic E-state index is -4.44. The third-order valence-electron chi connectivity index (χ3n) is 6.47. The number of carbonyl (C=O) groups excluding carboxylic acids is 1. The summed E-state index contributed by atoms with van der Waals surface area (Å²) in [6.07, 6.45) is -0.202. The first-order valence-electron chi connectivity index (χ1n) is 10.8. The van der Waals surface area contributed by atoms with Gasteiger partial charge in [-0.3, -0.25) is 4.79 Å². The number of hydrogen-bond donors (Lipinski definition) is 2. The summed E-state index contributed by atoms with van der Waals surface area (Å²) in [4.78, 5) is 21.7. The molecule has 178 valence electrons. The first-order valence-corrected chi connectivity index (χ1v) is 10.8. The van der Waals surface area contributed by atoms with Gasteiger partial charge in [0.2, 0.25) is 11.7 Å². The van der Waals surface area contributed by atoms with Crippen LogP contribution in [0.5, 0.6) is 0 Å². The Labute approximate surface area is 188 Å². The van der Waals surface area contributed by atoms with Crippen LogP contribution in [0.25, 0.3) is 0 Å². The Bertz CT molecular complexity index is 993. The lowest BCUT2D eigenvalue weighted by Gasteiger charge is -2.37. The van der Waals surface area contributed by atoms with Crippen molar-refractivity contribution in [2.45, 2.75) is 37.9 Å². The molecule has 0 bridgehead atoms. The third-order valence-corrected chi connectivity index (χ3v) is 6.47. The SMILES string of the molecule is NC(=O)C1(CNc2ncnc(N3CCOC[C@@H]3c3ccc(C(F)(F)F)cc3)c2F)CCCC1. The molecule has 4 rings (SSSR count). The van der Waals surface area contributed by atoms with Crippen LogP contribution in [0.3, 0.4) is 0 Å². The molecule has 33 heavy (non-hydrogen) atoms. The molecule has 1 aromatic carbocycles. The van der Waals surface area contributed by atoms with Gasteiger partial charge < -0.3 is 20.7 Å². The van der Waals surface area contributed by atoms with Crippen molar-refractivity contribution < 1.29 is 27.1 Å².